The minimum Gasteiger partial charge on any atom is -0.477 e. The van der Waals surface area contributed by atoms with Crippen LogP contribution >= 0.6 is 11.6 Å². The highest BCUT2D eigenvalue weighted by atomic mass is 35.5. The van der Waals surface area contributed by atoms with Gasteiger partial charge in [0.25, 0.3) is 5.56 Å². The topological polar surface area (TPSA) is 83.0 Å². The minimum atomic E-state index is -1.19. The van der Waals surface area contributed by atoms with Crippen LogP contribution in [0.1, 0.15) is 47.6 Å². The molecule has 1 aromatic carbocycles. The van der Waals surface area contributed by atoms with E-state index in [1.807, 2.05) is 24.3 Å². The van der Waals surface area contributed by atoms with Crippen LogP contribution in [0, 0.1) is 0 Å². The van der Waals surface area contributed by atoms with E-state index in [4.69, 9.17) is 16.7 Å². The maximum Gasteiger partial charge on any atom is 0.354 e. The van der Waals surface area contributed by atoms with Crippen LogP contribution in [0.2, 0.25) is 5.02 Å². The number of carboxylic acid groups (broad SMARTS) is 1. The lowest BCUT2D eigenvalue weighted by atomic mass is 9.76. The van der Waals surface area contributed by atoms with Crippen LogP contribution in [0.4, 0.5) is 0 Å². The zero-order valence-corrected chi connectivity index (χ0v) is 13.3. The molecule has 0 atom stereocenters. The molecule has 1 aromatic heterocycles. The molecule has 1 fully saturated rings. The number of benzene rings is 1. The third-order valence-electron chi connectivity index (χ3n) is 4.53. The Morgan fingerprint density at radius 3 is 2.52 bits per heavy atom. The number of aromatic carboxylic acids is 1. The Hall–Kier alpha value is -2.14. The highest BCUT2D eigenvalue weighted by Crippen LogP contribution is 2.43. The first kappa shape index (κ1) is 15.7. The lowest BCUT2D eigenvalue weighted by Gasteiger charge is -2.29. The molecular weight excluding hydrogens is 316 g/mol. The van der Waals surface area contributed by atoms with Crippen LogP contribution in [0.5, 0.6) is 0 Å². The molecule has 23 heavy (non-hydrogen) atoms. The first-order chi connectivity index (χ1) is 11.0. The molecule has 0 saturated heterocycles. The predicted molar refractivity (Wildman–Crippen MR) is 87.1 cm³/mol. The van der Waals surface area contributed by atoms with E-state index in [0.29, 0.717) is 17.3 Å². The highest BCUT2D eigenvalue weighted by molar-refractivity contribution is 6.30. The number of halogens is 1. The number of hydrogen-bond acceptors (Lipinski definition) is 3. The molecule has 1 heterocycles. The van der Waals surface area contributed by atoms with Crippen molar-refractivity contribution in [1.29, 1.82) is 0 Å². The maximum atomic E-state index is 11.7. The van der Waals surface area contributed by atoms with E-state index in [1.54, 1.807) is 0 Å². The summed E-state index contributed by atoms with van der Waals surface area (Å²) in [5.74, 6) is -0.768. The van der Waals surface area contributed by atoms with Crippen molar-refractivity contribution in [3.63, 3.8) is 0 Å². The van der Waals surface area contributed by atoms with E-state index in [9.17, 15) is 9.59 Å². The normalized spacial score (nSPS) is 16.4. The van der Waals surface area contributed by atoms with Gasteiger partial charge in [0.05, 0.1) is 0 Å². The fraction of sp³-hybridized carbons (Fsp3) is 0.353. The number of carbonyl (C=O) groups is 1. The van der Waals surface area contributed by atoms with Gasteiger partial charge in [-0.15, -0.1) is 0 Å². The molecule has 0 unspecified atom stereocenters. The largest absolute Gasteiger partial charge is 0.477 e. The van der Waals surface area contributed by atoms with E-state index in [1.165, 1.54) is 0 Å². The molecule has 0 spiro atoms. The molecule has 120 valence electrons. The maximum absolute atomic E-state index is 11.7. The quantitative estimate of drug-likeness (QED) is 0.900. The number of aromatic nitrogens is 2. The molecule has 2 N–H and O–H groups in total. The number of rotatable bonds is 4. The van der Waals surface area contributed by atoms with Gasteiger partial charge >= 0.3 is 5.97 Å². The smallest absolute Gasteiger partial charge is 0.354 e. The second-order valence-electron chi connectivity index (χ2n) is 6.05. The van der Waals surface area contributed by atoms with Crippen molar-refractivity contribution in [1.82, 2.24) is 9.97 Å². The molecule has 0 bridgehead atoms. The van der Waals surface area contributed by atoms with Crippen LogP contribution < -0.4 is 5.56 Å². The second kappa shape index (κ2) is 6.16. The number of hydrogen-bond donors (Lipinski definition) is 2. The molecule has 2 aromatic rings. The van der Waals surface area contributed by atoms with Crippen molar-refractivity contribution in [2.24, 2.45) is 0 Å². The summed E-state index contributed by atoms with van der Waals surface area (Å²) in [5.41, 5.74) is 0.380. The summed E-state index contributed by atoms with van der Waals surface area (Å²) in [4.78, 5) is 29.6. The number of aromatic amines is 1. The zero-order valence-electron chi connectivity index (χ0n) is 12.5. The predicted octanol–water partition coefficient (Wildman–Crippen LogP) is 3.18. The summed E-state index contributed by atoms with van der Waals surface area (Å²) >= 11 is 5.98. The van der Waals surface area contributed by atoms with Crippen molar-refractivity contribution in [2.45, 2.75) is 37.5 Å². The molecule has 0 amide bonds. The van der Waals surface area contributed by atoms with E-state index in [-0.39, 0.29) is 11.1 Å². The molecule has 1 aliphatic rings. The van der Waals surface area contributed by atoms with E-state index in [0.717, 1.165) is 37.3 Å². The Balaban J connectivity index is 1.99. The molecule has 3 rings (SSSR count). The Morgan fingerprint density at radius 1 is 1.26 bits per heavy atom. The first-order valence-corrected chi connectivity index (χ1v) is 7.96. The number of carboxylic acids is 1. The van der Waals surface area contributed by atoms with Gasteiger partial charge in [-0.2, -0.15) is 0 Å². The molecule has 0 aliphatic heterocycles. The summed E-state index contributed by atoms with van der Waals surface area (Å²) in [5, 5.41) is 9.76. The zero-order chi connectivity index (χ0) is 16.4. The average molecular weight is 333 g/mol. The molecule has 6 heteroatoms. The lowest BCUT2D eigenvalue weighted by molar-refractivity contribution is 0.0689. The third kappa shape index (κ3) is 3.29. The third-order valence-corrected chi connectivity index (χ3v) is 4.78. The van der Waals surface area contributed by atoms with Crippen molar-refractivity contribution in [2.75, 3.05) is 0 Å². The highest BCUT2D eigenvalue weighted by Gasteiger charge is 2.36. The van der Waals surface area contributed by atoms with Gasteiger partial charge in [0.2, 0.25) is 0 Å². The molecule has 5 nitrogen and oxygen atoms in total. The Kier molecular flexibility index (Phi) is 4.22. The summed E-state index contributed by atoms with van der Waals surface area (Å²) in [6, 6.07) is 8.75. The minimum absolute atomic E-state index is 0.127. The van der Waals surface area contributed by atoms with Gasteiger partial charge in [0.15, 0.2) is 5.69 Å². The van der Waals surface area contributed by atoms with Crippen LogP contribution in [0.3, 0.4) is 0 Å². The van der Waals surface area contributed by atoms with E-state index < -0.39 is 11.5 Å². The Labute approximate surface area is 138 Å². The van der Waals surface area contributed by atoms with Gasteiger partial charge in [0, 0.05) is 22.9 Å². The fourth-order valence-electron chi connectivity index (χ4n) is 3.44. The summed E-state index contributed by atoms with van der Waals surface area (Å²) < 4.78 is 0. The molecule has 0 radical (unpaired) electrons. The Bertz CT molecular complexity index is 777. The van der Waals surface area contributed by atoms with Gasteiger partial charge in [-0.05, 0) is 30.5 Å². The van der Waals surface area contributed by atoms with Gasteiger partial charge in [-0.3, -0.25) is 4.79 Å². The van der Waals surface area contributed by atoms with Gasteiger partial charge in [-0.25, -0.2) is 9.78 Å². The van der Waals surface area contributed by atoms with Gasteiger partial charge in [0.1, 0.15) is 5.82 Å². The van der Waals surface area contributed by atoms with E-state index in [2.05, 4.69) is 9.97 Å². The molecule has 1 aliphatic carbocycles. The Morgan fingerprint density at radius 2 is 1.91 bits per heavy atom. The fourth-order valence-corrected chi connectivity index (χ4v) is 3.57. The first-order valence-electron chi connectivity index (χ1n) is 7.58. The van der Waals surface area contributed by atoms with Crippen LogP contribution in [-0.2, 0) is 11.8 Å². The monoisotopic (exact) mass is 332 g/mol. The molecular formula is C17H17ClN2O3. The van der Waals surface area contributed by atoms with Crippen molar-refractivity contribution < 1.29 is 9.90 Å². The summed E-state index contributed by atoms with van der Waals surface area (Å²) in [6.07, 6.45) is 4.69. The number of nitrogens with one attached hydrogen (secondary N) is 1. The van der Waals surface area contributed by atoms with Crippen LogP contribution in [0.25, 0.3) is 0 Å². The van der Waals surface area contributed by atoms with Crippen molar-refractivity contribution in [3.8, 4) is 0 Å². The van der Waals surface area contributed by atoms with Gasteiger partial charge in [-0.1, -0.05) is 36.6 Å². The van der Waals surface area contributed by atoms with Crippen molar-refractivity contribution in [3.05, 3.63) is 62.8 Å². The standard InChI is InChI=1S/C17H17ClN2O3/c18-12-5-3-11(4-6-12)17(7-1-2-8-17)10-14-19-13(16(22)23)9-15(21)20-14/h3-6,9H,1-2,7-8,10H2,(H,22,23)(H,19,20,21). The summed E-state index contributed by atoms with van der Waals surface area (Å²) in [7, 11) is 0. The van der Waals surface area contributed by atoms with Crippen LogP contribution in [0.15, 0.2) is 35.1 Å². The number of H-pyrrole nitrogens is 1. The van der Waals surface area contributed by atoms with Gasteiger partial charge < -0.3 is 10.1 Å². The van der Waals surface area contributed by atoms with E-state index >= 15 is 0 Å². The summed E-state index contributed by atoms with van der Waals surface area (Å²) in [6.45, 7) is 0. The SMILES string of the molecule is O=C(O)c1cc(=O)[nH]c(CC2(c3ccc(Cl)cc3)CCCC2)n1. The second-order valence-corrected chi connectivity index (χ2v) is 6.49. The number of nitrogens with zero attached hydrogens (tertiary/aromatic N) is 1. The van der Waals surface area contributed by atoms with Crippen molar-refractivity contribution >= 4 is 17.6 Å². The average Bonchev–Trinajstić information content (AvgIpc) is 2.96. The lowest BCUT2D eigenvalue weighted by Crippen LogP contribution is -2.28. The van der Waals surface area contributed by atoms with Crippen LogP contribution in [-0.4, -0.2) is 21.0 Å². The molecule has 1 saturated carbocycles.